The number of amides is 1. The number of halogens is 1. The molecule has 2 aromatic carbocycles. The average Bonchev–Trinajstić information content (AvgIpc) is 3.25. The Labute approximate surface area is 183 Å². The molecule has 6 nitrogen and oxygen atoms in total. The monoisotopic (exact) mass is 444 g/mol. The smallest absolute Gasteiger partial charge is 0.329 e. The van der Waals surface area contributed by atoms with Crippen molar-refractivity contribution in [3.63, 3.8) is 0 Å². The number of ether oxygens (including phenoxy) is 1. The van der Waals surface area contributed by atoms with Gasteiger partial charge < -0.3 is 14.6 Å². The van der Waals surface area contributed by atoms with Crippen LogP contribution in [0, 0.1) is 0 Å². The fourth-order valence-corrected chi connectivity index (χ4v) is 3.43. The van der Waals surface area contributed by atoms with Gasteiger partial charge in [0.2, 0.25) is 0 Å². The zero-order valence-electron chi connectivity index (χ0n) is 16.3. The fraction of sp³-hybridized carbons (Fsp3) is 0.227. The van der Waals surface area contributed by atoms with Gasteiger partial charge in [-0.2, -0.15) is 11.8 Å². The maximum atomic E-state index is 12.6. The normalized spacial score (nSPS) is 11.7. The van der Waals surface area contributed by atoms with E-state index in [1.165, 1.54) is 0 Å². The highest BCUT2D eigenvalue weighted by molar-refractivity contribution is 7.98. The summed E-state index contributed by atoms with van der Waals surface area (Å²) in [5, 5.41) is 7.04. The van der Waals surface area contributed by atoms with E-state index >= 15 is 0 Å². The Hall–Kier alpha value is -2.77. The molecule has 0 aliphatic rings. The second-order valence-electron chi connectivity index (χ2n) is 6.44. The number of nitrogens with one attached hydrogen (secondary N) is 1. The van der Waals surface area contributed by atoms with Crippen LogP contribution in [0.1, 0.15) is 22.5 Å². The number of benzene rings is 2. The van der Waals surface area contributed by atoms with Gasteiger partial charge in [-0.15, -0.1) is 0 Å². The summed E-state index contributed by atoms with van der Waals surface area (Å²) in [6.45, 7) is -0.0730. The van der Waals surface area contributed by atoms with Gasteiger partial charge in [-0.1, -0.05) is 59.2 Å². The minimum absolute atomic E-state index is 0.0730. The van der Waals surface area contributed by atoms with Crippen LogP contribution in [0.2, 0.25) is 5.02 Å². The second kappa shape index (κ2) is 10.8. The summed E-state index contributed by atoms with van der Waals surface area (Å²) < 4.78 is 10.6. The predicted molar refractivity (Wildman–Crippen MR) is 117 cm³/mol. The third-order valence-electron chi connectivity index (χ3n) is 4.30. The van der Waals surface area contributed by atoms with E-state index < -0.39 is 17.9 Å². The molecule has 8 heteroatoms. The van der Waals surface area contributed by atoms with Crippen molar-refractivity contribution < 1.29 is 18.8 Å². The molecule has 1 unspecified atom stereocenters. The van der Waals surface area contributed by atoms with Crippen LogP contribution in [0.3, 0.4) is 0 Å². The first-order chi connectivity index (χ1) is 14.6. The van der Waals surface area contributed by atoms with Crippen molar-refractivity contribution in [1.29, 1.82) is 0 Å². The summed E-state index contributed by atoms with van der Waals surface area (Å²) in [4.78, 5) is 25.1. The molecule has 1 amide bonds. The van der Waals surface area contributed by atoms with Crippen LogP contribution in [0.5, 0.6) is 0 Å². The third kappa shape index (κ3) is 5.87. The Morgan fingerprint density at radius 2 is 1.90 bits per heavy atom. The standard InChI is InChI=1S/C22H21ClN2O4S/c1-30-12-11-19(24-21(26)17-9-5-6-10-18(17)23)22(27)28-14-16-13-20(25-29-16)15-7-3-2-4-8-15/h2-10,13,19H,11-12,14H2,1H3,(H,24,26). The molecular weight excluding hydrogens is 424 g/mol. The Morgan fingerprint density at radius 3 is 2.63 bits per heavy atom. The lowest BCUT2D eigenvalue weighted by Crippen LogP contribution is -2.42. The van der Waals surface area contributed by atoms with E-state index in [1.807, 2.05) is 36.6 Å². The van der Waals surface area contributed by atoms with Crippen LogP contribution in [0.15, 0.2) is 65.2 Å². The fourth-order valence-electron chi connectivity index (χ4n) is 2.73. The number of rotatable bonds is 9. The molecule has 0 saturated carbocycles. The number of thioether (sulfide) groups is 1. The van der Waals surface area contributed by atoms with Crippen LogP contribution in [0.4, 0.5) is 0 Å². The van der Waals surface area contributed by atoms with Gasteiger partial charge in [0.1, 0.15) is 11.7 Å². The van der Waals surface area contributed by atoms with E-state index in [4.69, 9.17) is 20.9 Å². The number of hydrogen-bond donors (Lipinski definition) is 1. The predicted octanol–water partition coefficient (Wildman–Crippen LogP) is 4.59. The summed E-state index contributed by atoms with van der Waals surface area (Å²) in [6, 6.07) is 17.2. The maximum Gasteiger partial charge on any atom is 0.329 e. The molecule has 1 aromatic heterocycles. The highest BCUT2D eigenvalue weighted by Gasteiger charge is 2.24. The minimum atomic E-state index is -0.794. The molecule has 0 spiro atoms. The molecule has 1 N–H and O–H groups in total. The molecule has 30 heavy (non-hydrogen) atoms. The van der Waals surface area contributed by atoms with Gasteiger partial charge in [-0.3, -0.25) is 4.79 Å². The minimum Gasteiger partial charge on any atom is -0.456 e. The van der Waals surface area contributed by atoms with Crippen LogP contribution in [-0.4, -0.2) is 35.1 Å². The third-order valence-corrected chi connectivity index (χ3v) is 5.28. The zero-order valence-corrected chi connectivity index (χ0v) is 17.9. The molecule has 3 aromatic rings. The van der Waals surface area contributed by atoms with Gasteiger partial charge in [0, 0.05) is 11.6 Å². The van der Waals surface area contributed by atoms with Crippen molar-refractivity contribution >= 4 is 35.2 Å². The summed E-state index contributed by atoms with van der Waals surface area (Å²) in [5.41, 5.74) is 1.88. The van der Waals surface area contributed by atoms with Crippen LogP contribution < -0.4 is 5.32 Å². The summed E-state index contributed by atoms with van der Waals surface area (Å²) in [7, 11) is 0. The first kappa shape index (κ1) is 21.9. The van der Waals surface area contributed by atoms with Crippen molar-refractivity contribution in [2.75, 3.05) is 12.0 Å². The number of esters is 1. The number of carbonyl (C=O) groups is 2. The van der Waals surface area contributed by atoms with E-state index in [1.54, 1.807) is 42.1 Å². The molecule has 0 aliphatic heterocycles. The summed E-state index contributed by atoms with van der Waals surface area (Å²) >= 11 is 7.66. The Kier molecular flexibility index (Phi) is 7.93. The van der Waals surface area contributed by atoms with E-state index in [0.717, 1.165) is 5.56 Å². The maximum absolute atomic E-state index is 12.6. The lowest BCUT2D eigenvalue weighted by atomic mass is 10.1. The highest BCUT2D eigenvalue weighted by Crippen LogP contribution is 2.19. The molecule has 0 bridgehead atoms. The van der Waals surface area contributed by atoms with Crippen LogP contribution in [0.25, 0.3) is 11.3 Å². The number of hydrogen-bond acceptors (Lipinski definition) is 6. The Morgan fingerprint density at radius 1 is 1.17 bits per heavy atom. The highest BCUT2D eigenvalue weighted by atomic mass is 35.5. The Bertz CT molecular complexity index is 994. The molecule has 1 heterocycles. The molecular formula is C22H21ClN2O4S. The molecule has 0 saturated heterocycles. The largest absolute Gasteiger partial charge is 0.456 e. The van der Waals surface area contributed by atoms with Gasteiger partial charge >= 0.3 is 5.97 Å². The van der Waals surface area contributed by atoms with Gasteiger partial charge in [-0.25, -0.2) is 4.79 Å². The quantitative estimate of drug-likeness (QED) is 0.486. The van der Waals surface area contributed by atoms with Crippen molar-refractivity contribution in [3.8, 4) is 11.3 Å². The van der Waals surface area contributed by atoms with Gasteiger partial charge in [0.15, 0.2) is 12.4 Å². The first-order valence-electron chi connectivity index (χ1n) is 9.30. The molecule has 0 aliphatic carbocycles. The molecule has 1 atom stereocenters. The Balaban J connectivity index is 1.62. The van der Waals surface area contributed by atoms with E-state index in [0.29, 0.717) is 34.2 Å². The lowest BCUT2D eigenvalue weighted by molar-refractivity contribution is -0.148. The first-order valence-corrected chi connectivity index (χ1v) is 11.1. The van der Waals surface area contributed by atoms with Crippen molar-refractivity contribution in [3.05, 3.63) is 77.0 Å². The summed E-state index contributed by atoms with van der Waals surface area (Å²) in [6.07, 6.45) is 2.36. The molecule has 0 radical (unpaired) electrons. The second-order valence-corrected chi connectivity index (χ2v) is 7.83. The van der Waals surface area contributed by atoms with E-state index in [9.17, 15) is 9.59 Å². The lowest BCUT2D eigenvalue weighted by Gasteiger charge is -2.17. The SMILES string of the molecule is CSCCC(NC(=O)c1ccccc1Cl)C(=O)OCc1cc(-c2ccccc2)no1. The van der Waals surface area contributed by atoms with Crippen molar-refractivity contribution in [2.45, 2.75) is 19.1 Å². The van der Waals surface area contributed by atoms with Crippen LogP contribution >= 0.6 is 23.4 Å². The van der Waals surface area contributed by atoms with Crippen LogP contribution in [-0.2, 0) is 16.1 Å². The van der Waals surface area contributed by atoms with E-state index in [-0.39, 0.29) is 6.61 Å². The zero-order chi connectivity index (χ0) is 21.3. The topological polar surface area (TPSA) is 81.4 Å². The van der Waals surface area contributed by atoms with Gasteiger partial charge in [0.05, 0.1) is 10.6 Å². The number of nitrogens with zero attached hydrogens (tertiary/aromatic N) is 1. The average molecular weight is 445 g/mol. The van der Waals surface area contributed by atoms with Crippen molar-refractivity contribution in [1.82, 2.24) is 10.5 Å². The summed E-state index contributed by atoms with van der Waals surface area (Å²) in [5.74, 6) is 0.142. The van der Waals surface area contributed by atoms with Gasteiger partial charge in [-0.05, 0) is 30.6 Å². The van der Waals surface area contributed by atoms with Gasteiger partial charge in [0.25, 0.3) is 5.91 Å². The number of aromatic nitrogens is 1. The molecule has 0 fully saturated rings. The molecule has 156 valence electrons. The van der Waals surface area contributed by atoms with Crippen molar-refractivity contribution in [2.24, 2.45) is 0 Å². The number of carbonyl (C=O) groups excluding carboxylic acids is 2. The van der Waals surface area contributed by atoms with E-state index in [2.05, 4.69) is 10.5 Å². The molecule has 3 rings (SSSR count).